The van der Waals surface area contributed by atoms with Gasteiger partial charge in [0.2, 0.25) is 0 Å². The van der Waals surface area contributed by atoms with Crippen molar-refractivity contribution in [2.24, 2.45) is 5.73 Å². The van der Waals surface area contributed by atoms with Gasteiger partial charge in [-0.2, -0.15) is 13.2 Å². The van der Waals surface area contributed by atoms with Crippen LogP contribution in [0, 0.1) is 0 Å². The van der Waals surface area contributed by atoms with Crippen LogP contribution in [-0.4, -0.2) is 11.3 Å². The maximum atomic E-state index is 12.0. The summed E-state index contributed by atoms with van der Waals surface area (Å²) in [5, 5.41) is 8.82. The molecule has 0 saturated carbocycles. The predicted octanol–water partition coefficient (Wildman–Crippen LogP) is 1.95. The number of benzene rings is 1. The second-order valence-electron chi connectivity index (χ2n) is 2.61. The first-order valence-corrected chi connectivity index (χ1v) is 3.52. The van der Waals surface area contributed by atoms with Crippen molar-refractivity contribution in [1.29, 1.82) is 0 Å². The molecule has 0 aliphatic carbocycles. The van der Waals surface area contributed by atoms with Crippen molar-refractivity contribution in [2.75, 3.05) is 0 Å². The predicted molar refractivity (Wildman–Crippen MR) is 41.1 cm³/mol. The van der Waals surface area contributed by atoms with Crippen molar-refractivity contribution in [3.63, 3.8) is 0 Å². The summed E-state index contributed by atoms with van der Waals surface area (Å²) in [4.78, 5) is 0. The van der Waals surface area contributed by atoms with Crippen LogP contribution in [0.5, 0.6) is 5.75 Å². The van der Waals surface area contributed by atoms with Gasteiger partial charge in [0.05, 0.1) is 0 Å². The number of aromatic hydroxyl groups is 1. The van der Waals surface area contributed by atoms with E-state index in [2.05, 4.69) is 0 Å². The summed E-state index contributed by atoms with van der Waals surface area (Å²) in [5.74, 6) is -0.0851. The normalized spacial score (nSPS) is 14.2. The minimum absolute atomic E-state index is 0.0645. The smallest absolute Gasteiger partial charge is 0.407 e. The summed E-state index contributed by atoms with van der Waals surface area (Å²) in [6.07, 6.45) is -4.45. The Morgan fingerprint density at radius 1 is 1.15 bits per heavy atom. The van der Waals surface area contributed by atoms with E-state index in [0.717, 1.165) is 12.1 Å². The van der Waals surface area contributed by atoms with Crippen molar-refractivity contribution in [2.45, 2.75) is 12.2 Å². The van der Waals surface area contributed by atoms with Crippen LogP contribution in [0.4, 0.5) is 13.2 Å². The van der Waals surface area contributed by atoms with Crippen LogP contribution in [0.25, 0.3) is 0 Å². The van der Waals surface area contributed by atoms with Gasteiger partial charge in [-0.05, 0) is 17.7 Å². The maximum absolute atomic E-state index is 12.0. The Hall–Kier alpha value is -1.23. The second-order valence-corrected chi connectivity index (χ2v) is 2.61. The molecule has 0 fully saturated rings. The Bertz CT molecular complexity index is 280. The van der Waals surface area contributed by atoms with E-state index in [4.69, 9.17) is 10.8 Å². The van der Waals surface area contributed by atoms with E-state index in [1.54, 1.807) is 0 Å². The SMILES string of the molecule is N[C@@H](c1ccc(O)cc1)C(F)(F)F. The molecule has 2 nitrogen and oxygen atoms in total. The van der Waals surface area contributed by atoms with E-state index in [1.165, 1.54) is 12.1 Å². The lowest BCUT2D eigenvalue weighted by Crippen LogP contribution is -2.28. The van der Waals surface area contributed by atoms with Crippen molar-refractivity contribution < 1.29 is 18.3 Å². The minimum Gasteiger partial charge on any atom is -0.508 e. The number of halogens is 3. The summed E-state index contributed by atoms with van der Waals surface area (Å²) < 4.78 is 36.1. The van der Waals surface area contributed by atoms with E-state index in [9.17, 15) is 13.2 Å². The first-order valence-electron chi connectivity index (χ1n) is 3.52. The van der Waals surface area contributed by atoms with Crippen LogP contribution in [0.15, 0.2) is 24.3 Å². The summed E-state index contributed by atoms with van der Waals surface area (Å²) in [7, 11) is 0. The molecule has 1 aromatic carbocycles. The molecule has 0 spiro atoms. The Morgan fingerprint density at radius 3 is 2.00 bits per heavy atom. The van der Waals surface area contributed by atoms with E-state index >= 15 is 0 Å². The second kappa shape index (κ2) is 3.26. The molecule has 1 aromatic rings. The molecular weight excluding hydrogens is 183 g/mol. The average Bonchev–Trinajstić information content (AvgIpc) is 2.03. The Labute approximate surface area is 72.8 Å². The highest BCUT2D eigenvalue weighted by atomic mass is 19.4. The number of nitrogens with two attached hydrogens (primary N) is 1. The fourth-order valence-electron chi connectivity index (χ4n) is 0.871. The molecule has 0 amide bonds. The zero-order valence-corrected chi connectivity index (χ0v) is 6.55. The lowest BCUT2D eigenvalue weighted by atomic mass is 10.1. The fraction of sp³-hybridized carbons (Fsp3) is 0.250. The van der Waals surface area contributed by atoms with Crippen molar-refractivity contribution in [1.82, 2.24) is 0 Å². The zero-order chi connectivity index (χ0) is 10.1. The minimum atomic E-state index is -4.45. The lowest BCUT2D eigenvalue weighted by molar-refractivity contribution is -0.149. The molecule has 1 rings (SSSR count). The van der Waals surface area contributed by atoms with Crippen LogP contribution in [-0.2, 0) is 0 Å². The highest BCUT2D eigenvalue weighted by Gasteiger charge is 2.37. The lowest BCUT2D eigenvalue weighted by Gasteiger charge is -2.15. The molecule has 0 unspecified atom stereocenters. The number of phenolic OH excluding ortho intramolecular Hbond substituents is 1. The molecule has 0 aliphatic rings. The molecule has 0 bridgehead atoms. The van der Waals surface area contributed by atoms with Gasteiger partial charge in [0.1, 0.15) is 11.8 Å². The Morgan fingerprint density at radius 2 is 1.62 bits per heavy atom. The quantitative estimate of drug-likeness (QED) is 0.712. The highest BCUT2D eigenvalue weighted by molar-refractivity contribution is 5.28. The maximum Gasteiger partial charge on any atom is 0.407 e. The van der Waals surface area contributed by atoms with Gasteiger partial charge in [0.15, 0.2) is 0 Å². The first-order chi connectivity index (χ1) is 5.91. The Balaban J connectivity index is 2.90. The van der Waals surface area contributed by atoms with Crippen LogP contribution in [0.1, 0.15) is 11.6 Å². The number of hydrogen-bond donors (Lipinski definition) is 2. The third-order valence-corrected chi connectivity index (χ3v) is 1.60. The summed E-state index contributed by atoms with van der Waals surface area (Å²) >= 11 is 0. The molecule has 0 heterocycles. The van der Waals surface area contributed by atoms with Crippen LogP contribution in [0.3, 0.4) is 0 Å². The van der Waals surface area contributed by atoms with Gasteiger partial charge in [-0.25, -0.2) is 0 Å². The molecule has 0 radical (unpaired) electrons. The van der Waals surface area contributed by atoms with Crippen LogP contribution < -0.4 is 5.73 Å². The number of alkyl halides is 3. The van der Waals surface area contributed by atoms with Crippen molar-refractivity contribution in [3.8, 4) is 5.75 Å². The van der Waals surface area contributed by atoms with Crippen molar-refractivity contribution >= 4 is 0 Å². The van der Waals surface area contributed by atoms with Gasteiger partial charge >= 0.3 is 6.18 Å². The van der Waals surface area contributed by atoms with Gasteiger partial charge < -0.3 is 10.8 Å². The third-order valence-electron chi connectivity index (χ3n) is 1.60. The number of phenols is 1. The standard InChI is InChI=1S/C8H8F3NO/c9-8(10,11)7(12)5-1-3-6(13)4-2-5/h1-4,7,13H,12H2/t7-/m0/s1. The van der Waals surface area contributed by atoms with Gasteiger partial charge in [-0.15, -0.1) is 0 Å². The van der Waals surface area contributed by atoms with E-state index in [-0.39, 0.29) is 11.3 Å². The van der Waals surface area contributed by atoms with E-state index < -0.39 is 12.2 Å². The largest absolute Gasteiger partial charge is 0.508 e. The van der Waals surface area contributed by atoms with Crippen molar-refractivity contribution in [3.05, 3.63) is 29.8 Å². The summed E-state index contributed by atoms with van der Waals surface area (Å²) in [6, 6.07) is 2.64. The number of hydrogen-bond acceptors (Lipinski definition) is 2. The average molecular weight is 191 g/mol. The molecule has 0 aliphatic heterocycles. The van der Waals surface area contributed by atoms with E-state index in [1.807, 2.05) is 0 Å². The van der Waals surface area contributed by atoms with Gasteiger partial charge in [0.25, 0.3) is 0 Å². The molecule has 13 heavy (non-hydrogen) atoms. The highest BCUT2D eigenvalue weighted by Crippen LogP contribution is 2.30. The van der Waals surface area contributed by atoms with Gasteiger partial charge in [-0.1, -0.05) is 12.1 Å². The molecule has 1 atom stereocenters. The fourth-order valence-corrected chi connectivity index (χ4v) is 0.871. The summed E-state index contributed by atoms with van der Waals surface area (Å²) in [6.45, 7) is 0. The topological polar surface area (TPSA) is 46.2 Å². The Kier molecular flexibility index (Phi) is 2.47. The zero-order valence-electron chi connectivity index (χ0n) is 6.55. The molecule has 0 aromatic heterocycles. The van der Waals surface area contributed by atoms with Crippen LogP contribution in [0.2, 0.25) is 0 Å². The number of rotatable bonds is 1. The molecule has 72 valence electrons. The van der Waals surface area contributed by atoms with Gasteiger partial charge in [0, 0.05) is 0 Å². The summed E-state index contributed by atoms with van der Waals surface area (Å²) in [5.41, 5.74) is 4.85. The first kappa shape index (κ1) is 9.85. The van der Waals surface area contributed by atoms with Crippen LogP contribution >= 0.6 is 0 Å². The van der Waals surface area contributed by atoms with Gasteiger partial charge in [-0.3, -0.25) is 0 Å². The van der Waals surface area contributed by atoms with E-state index in [0.29, 0.717) is 0 Å². The molecule has 0 saturated heterocycles. The molecule has 5 heteroatoms. The third kappa shape index (κ3) is 2.35. The monoisotopic (exact) mass is 191 g/mol. The molecule has 3 N–H and O–H groups in total. The molecular formula is C8H8F3NO.